The first-order valence-electron chi connectivity index (χ1n) is 6.22. The predicted octanol–water partition coefficient (Wildman–Crippen LogP) is 3.17. The van der Waals surface area contributed by atoms with Gasteiger partial charge in [-0.05, 0) is 6.42 Å². The van der Waals surface area contributed by atoms with Crippen LogP contribution in [-0.2, 0) is 12.0 Å². The lowest BCUT2D eigenvalue weighted by Crippen LogP contribution is -2.19. The van der Waals surface area contributed by atoms with Crippen LogP contribution in [0.25, 0.3) is 0 Å². The molecule has 0 aliphatic heterocycles. The molecule has 0 aliphatic rings. The third kappa shape index (κ3) is 3.68. The second-order valence-corrected chi connectivity index (χ2v) is 6.51. The number of hydrogen-bond donors (Lipinski definition) is 1. The Morgan fingerprint density at radius 1 is 1.35 bits per heavy atom. The van der Waals surface area contributed by atoms with E-state index in [1.807, 2.05) is 0 Å². The molecule has 0 amide bonds. The van der Waals surface area contributed by atoms with Crippen molar-refractivity contribution in [1.29, 1.82) is 0 Å². The predicted molar refractivity (Wildman–Crippen MR) is 74.9 cm³/mol. The van der Waals surface area contributed by atoms with Gasteiger partial charge in [0, 0.05) is 19.0 Å². The maximum absolute atomic E-state index is 9.40. The maximum Gasteiger partial charge on any atom is 0.185 e. The Hall–Kier alpha value is -0.610. The van der Waals surface area contributed by atoms with Gasteiger partial charge in [0.05, 0.1) is 17.2 Å². The minimum atomic E-state index is -0.00158. The minimum absolute atomic E-state index is 0.00158. The van der Waals surface area contributed by atoms with Gasteiger partial charge in [0.15, 0.2) is 5.13 Å². The molecular weight excluding hydrogens is 232 g/mol. The standard InChI is InChI=1S/C13H24N2OS/c1-6-7-8-15(5)12-14-11(13(2,3)4)10(9-16)17-12/h16H,6-9H2,1-5H3. The number of aromatic nitrogens is 1. The number of hydrogen-bond acceptors (Lipinski definition) is 4. The van der Waals surface area contributed by atoms with Crippen LogP contribution in [0.3, 0.4) is 0 Å². The van der Waals surface area contributed by atoms with Crippen molar-refractivity contribution in [2.45, 2.75) is 52.6 Å². The molecule has 0 saturated carbocycles. The van der Waals surface area contributed by atoms with E-state index in [0.717, 1.165) is 22.2 Å². The van der Waals surface area contributed by atoms with Crippen LogP contribution in [0.15, 0.2) is 0 Å². The summed E-state index contributed by atoms with van der Waals surface area (Å²) in [4.78, 5) is 7.87. The van der Waals surface area contributed by atoms with Gasteiger partial charge in [0.1, 0.15) is 0 Å². The molecule has 1 N–H and O–H groups in total. The first-order chi connectivity index (χ1) is 7.90. The van der Waals surface area contributed by atoms with Crippen molar-refractivity contribution >= 4 is 16.5 Å². The Kier molecular flexibility index (Phi) is 4.95. The summed E-state index contributed by atoms with van der Waals surface area (Å²) in [6, 6.07) is 0. The van der Waals surface area contributed by atoms with Gasteiger partial charge in [-0.1, -0.05) is 45.5 Å². The highest BCUT2D eigenvalue weighted by Crippen LogP contribution is 2.33. The number of nitrogens with zero attached hydrogens (tertiary/aromatic N) is 2. The number of aliphatic hydroxyl groups excluding tert-OH is 1. The quantitative estimate of drug-likeness (QED) is 0.879. The first kappa shape index (κ1) is 14.5. The molecule has 1 heterocycles. The molecule has 0 atom stereocenters. The number of unbranched alkanes of at least 4 members (excludes halogenated alkanes) is 1. The summed E-state index contributed by atoms with van der Waals surface area (Å²) in [6.07, 6.45) is 2.37. The number of thiazole rings is 1. The van der Waals surface area contributed by atoms with E-state index in [-0.39, 0.29) is 12.0 Å². The largest absolute Gasteiger partial charge is 0.391 e. The fourth-order valence-electron chi connectivity index (χ4n) is 1.69. The average molecular weight is 256 g/mol. The summed E-state index contributed by atoms with van der Waals surface area (Å²) >= 11 is 1.61. The van der Waals surface area contributed by atoms with Crippen molar-refractivity contribution in [3.63, 3.8) is 0 Å². The van der Waals surface area contributed by atoms with Gasteiger partial charge < -0.3 is 10.0 Å². The van der Waals surface area contributed by atoms with Crippen LogP contribution in [-0.4, -0.2) is 23.7 Å². The van der Waals surface area contributed by atoms with Gasteiger partial charge in [-0.2, -0.15) is 0 Å². The van der Waals surface area contributed by atoms with E-state index in [2.05, 4.69) is 44.6 Å². The molecule has 0 aliphatic carbocycles. The number of aliphatic hydroxyl groups is 1. The molecule has 0 radical (unpaired) electrons. The van der Waals surface area contributed by atoms with Gasteiger partial charge in [-0.15, -0.1) is 0 Å². The van der Waals surface area contributed by atoms with Gasteiger partial charge in [0.2, 0.25) is 0 Å². The van der Waals surface area contributed by atoms with Crippen LogP contribution in [0.2, 0.25) is 0 Å². The molecule has 1 aromatic rings. The van der Waals surface area contributed by atoms with E-state index >= 15 is 0 Å². The van der Waals surface area contributed by atoms with Crippen molar-refractivity contribution in [3.8, 4) is 0 Å². The van der Waals surface area contributed by atoms with E-state index in [1.54, 1.807) is 11.3 Å². The molecule has 1 aromatic heterocycles. The summed E-state index contributed by atoms with van der Waals surface area (Å²) in [7, 11) is 2.07. The van der Waals surface area contributed by atoms with Crippen LogP contribution in [0, 0.1) is 0 Å². The van der Waals surface area contributed by atoms with Gasteiger partial charge in [-0.3, -0.25) is 0 Å². The fourth-order valence-corrected chi connectivity index (χ4v) is 2.80. The molecule has 17 heavy (non-hydrogen) atoms. The van der Waals surface area contributed by atoms with Crippen molar-refractivity contribution < 1.29 is 5.11 Å². The highest BCUT2D eigenvalue weighted by atomic mass is 32.1. The third-order valence-electron chi connectivity index (χ3n) is 2.71. The fraction of sp³-hybridized carbons (Fsp3) is 0.769. The third-order valence-corrected chi connectivity index (χ3v) is 3.87. The van der Waals surface area contributed by atoms with Crippen LogP contribution in [0.5, 0.6) is 0 Å². The number of anilines is 1. The van der Waals surface area contributed by atoms with E-state index < -0.39 is 0 Å². The summed E-state index contributed by atoms with van der Waals surface area (Å²) in [5.74, 6) is 0. The molecule has 4 heteroatoms. The number of rotatable bonds is 5. The van der Waals surface area contributed by atoms with Crippen LogP contribution in [0.4, 0.5) is 5.13 Å². The molecule has 0 aromatic carbocycles. The molecule has 98 valence electrons. The summed E-state index contributed by atoms with van der Waals surface area (Å²) < 4.78 is 0. The lowest BCUT2D eigenvalue weighted by molar-refractivity contribution is 0.282. The Morgan fingerprint density at radius 2 is 2.00 bits per heavy atom. The zero-order chi connectivity index (χ0) is 13.1. The molecule has 1 rings (SSSR count). The summed E-state index contributed by atoms with van der Waals surface area (Å²) in [5, 5.41) is 10.4. The topological polar surface area (TPSA) is 36.4 Å². The second kappa shape index (κ2) is 5.83. The molecule has 0 unspecified atom stereocenters. The monoisotopic (exact) mass is 256 g/mol. The van der Waals surface area contributed by atoms with Crippen molar-refractivity contribution in [2.75, 3.05) is 18.5 Å². The van der Waals surface area contributed by atoms with E-state index in [4.69, 9.17) is 0 Å². The highest BCUT2D eigenvalue weighted by molar-refractivity contribution is 7.15. The summed E-state index contributed by atoms with van der Waals surface area (Å²) in [5.41, 5.74) is 1.03. The zero-order valence-electron chi connectivity index (χ0n) is 11.6. The molecule has 0 spiro atoms. The molecule has 0 fully saturated rings. The SMILES string of the molecule is CCCCN(C)c1nc(C(C)(C)C)c(CO)s1. The van der Waals surface area contributed by atoms with Gasteiger partial charge in [-0.25, -0.2) is 4.98 Å². The Morgan fingerprint density at radius 3 is 2.41 bits per heavy atom. The zero-order valence-corrected chi connectivity index (χ0v) is 12.4. The average Bonchev–Trinajstić information content (AvgIpc) is 2.69. The second-order valence-electron chi connectivity index (χ2n) is 5.45. The smallest absolute Gasteiger partial charge is 0.185 e. The molecule has 0 saturated heterocycles. The van der Waals surface area contributed by atoms with E-state index in [1.165, 1.54) is 12.8 Å². The van der Waals surface area contributed by atoms with Crippen molar-refractivity contribution in [3.05, 3.63) is 10.6 Å². The lowest BCUT2D eigenvalue weighted by Gasteiger charge is -2.17. The van der Waals surface area contributed by atoms with Crippen LogP contribution >= 0.6 is 11.3 Å². The highest BCUT2D eigenvalue weighted by Gasteiger charge is 2.23. The van der Waals surface area contributed by atoms with Crippen molar-refractivity contribution in [1.82, 2.24) is 4.98 Å². The van der Waals surface area contributed by atoms with Crippen molar-refractivity contribution in [2.24, 2.45) is 0 Å². The van der Waals surface area contributed by atoms with Crippen LogP contribution in [0.1, 0.15) is 51.1 Å². The van der Waals surface area contributed by atoms with Gasteiger partial charge >= 0.3 is 0 Å². The summed E-state index contributed by atoms with van der Waals surface area (Å²) in [6.45, 7) is 9.71. The van der Waals surface area contributed by atoms with Gasteiger partial charge in [0.25, 0.3) is 0 Å². The van der Waals surface area contributed by atoms with Crippen LogP contribution < -0.4 is 4.90 Å². The maximum atomic E-state index is 9.40. The minimum Gasteiger partial charge on any atom is -0.391 e. The Bertz CT molecular complexity index is 355. The normalized spacial score (nSPS) is 11.9. The first-order valence-corrected chi connectivity index (χ1v) is 7.04. The van der Waals surface area contributed by atoms with E-state index in [0.29, 0.717) is 0 Å². The Labute approximate surface area is 108 Å². The Balaban J connectivity index is 2.92. The molecule has 3 nitrogen and oxygen atoms in total. The van der Waals surface area contributed by atoms with E-state index in [9.17, 15) is 5.11 Å². The molecule has 0 bridgehead atoms. The molecular formula is C13H24N2OS. The lowest BCUT2D eigenvalue weighted by atomic mass is 9.91.